The van der Waals surface area contributed by atoms with Crippen molar-refractivity contribution in [2.45, 2.75) is 36.1 Å². The van der Waals surface area contributed by atoms with Gasteiger partial charge in [0.1, 0.15) is 11.6 Å². The first kappa shape index (κ1) is 13.5. The number of halogens is 1. The Morgan fingerprint density at radius 2 is 1.85 bits per heavy atom. The molecule has 1 aromatic heterocycles. The highest BCUT2D eigenvalue weighted by molar-refractivity contribution is 7.98. The molecule has 1 aromatic carbocycles. The molecule has 20 heavy (non-hydrogen) atoms. The van der Waals surface area contributed by atoms with Crippen LogP contribution in [0.2, 0.25) is 0 Å². The standard InChI is InChI=1S/C15H16FN3S/c16-12-1-5-14(6-2-12)20-10-15-18-8-11(9-19-15)7-17-13-3-4-13/h1-2,5-6,8-9,13,17H,3-4,7,10H2. The van der Waals surface area contributed by atoms with Crippen LogP contribution >= 0.6 is 11.8 Å². The van der Waals surface area contributed by atoms with Crippen LogP contribution < -0.4 is 5.32 Å². The van der Waals surface area contributed by atoms with Gasteiger partial charge in [0.25, 0.3) is 0 Å². The first-order valence-electron chi connectivity index (χ1n) is 6.71. The molecule has 0 radical (unpaired) electrons. The molecular weight excluding hydrogens is 273 g/mol. The van der Waals surface area contributed by atoms with Gasteiger partial charge in [0.2, 0.25) is 0 Å². The molecule has 0 atom stereocenters. The average Bonchev–Trinajstić information content (AvgIpc) is 3.30. The largest absolute Gasteiger partial charge is 0.310 e. The van der Waals surface area contributed by atoms with Crippen molar-refractivity contribution in [3.8, 4) is 0 Å². The molecule has 1 saturated carbocycles. The Bertz CT molecular complexity index is 552. The molecule has 0 spiro atoms. The van der Waals surface area contributed by atoms with E-state index >= 15 is 0 Å². The van der Waals surface area contributed by atoms with Gasteiger partial charge in [-0.25, -0.2) is 14.4 Å². The molecule has 1 fully saturated rings. The van der Waals surface area contributed by atoms with Crippen molar-refractivity contribution in [2.24, 2.45) is 0 Å². The highest BCUT2D eigenvalue weighted by Crippen LogP contribution is 2.21. The summed E-state index contributed by atoms with van der Waals surface area (Å²) in [5, 5.41) is 3.43. The van der Waals surface area contributed by atoms with Crippen LogP contribution in [-0.2, 0) is 12.3 Å². The van der Waals surface area contributed by atoms with Gasteiger partial charge in [-0.15, -0.1) is 11.8 Å². The molecule has 1 aliphatic carbocycles. The van der Waals surface area contributed by atoms with Crippen LogP contribution in [0.5, 0.6) is 0 Å². The fourth-order valence-corrected chi connectivity index (χ4v) is 2.55. The molecule has 0 unspecified atom stereocenters. The van der Waals surface area contributed by atoms with Crippen LogP contribution in [0.3, 0.4) is 0 Å². The summed E-state index contributed by atoms with van der Waals surface area (Å²) >= 11 is 1.61. The second-order valence-electron chi connectivity index (χ2n) is 4.91. The van der Waals surface area contributed by atoms with E-state index in [1.807, 2.05) is 12.4 Å². The van der Waals surface area contributed by atoms with E-state index in [2.05, 4.69) is 15.3 Å². The molecule has 3 rings (SSSR count). The van der Waals surface area contributed by atoms with Gasteiger partial charge in [-0.05, 0) is 37.1 Å². The zero-order valence-corrected chi connectivity index (χ0v) is 11.9. The summed E-state index contributed by atoms with van der Waals surface area (Å²) in [6.07, 6.45) is 6.33. The van der Waals surface area contributed by atoms with Crippen molar-refractivity contribution in [1.29, 1.82) is 0 Å². The smallest absolute Gasteiger partial charge is 0.138 e. The normalized spacial score (nSPS) is 14.4. The molecule has 104 valence electrons. The number of nitrogens with zero attached hydrogens (tertiary/aromatic N) is 2. The van der Waals surface area contributed by atoms with Gasteiger partial charge in [0.15, 0.2) is 0 Å². The summed E-state index contributed by atoms with van der Waals surface area (Å²) < 4.78 is 12.8. The SMILES string of the molecule is Fc1ccc(SCc2ncc(CNC3CC3)cn2)cc1. The Balaban J connectivity index is 1.50. The van der Waals surface area contributed by atoms with E-state index in [-0.39, 0.29) is 5.82 Å². The van der Waals surface area contributed by atoms with E-state index < -0.39 is 0 Å². The molecule has 3 nitrogen and oxygen atoms in total. The number of rotatable bonds is 6. The number of hydrogen-bond acceptors (Lipinski definition) is 4. The summed E-state index contributed by atoms with van der Waals surface area (Å²) in [5.74, 6) is 1.29. The number of nitrogens with one attached hydrogen (secondary N) is 1. The van der Waals surface area contributed by atoms with E-state index in [0.717, 1.165) is 22.8 Å². The zero-order chi connectivity index (χ0) is 13.8. The lowest BCUT2D eigenvalue weighted by molar-refractivity contribution is 0.626. The van der Waals surface area contributed by atoms with Crippen LogP contribution in [-0.4, -0.2) is 16.0 Å². The van der Waals surface area contributed by atoms with Gasteiger partial charge in [0.05, 0.1) is 5.75 Å². The van der Waals surface area contributed by atoms with Crippen LogP contribution in [0.15, 0.2) is 41.6 Å². The van der Waals surface area contributed by atoms with Gasteiger partial charge in [-0.1, -0.05) is 0 Å². The minimum Gasteiger partial charge on any atom is -0.310 e. The third-order valence-corrected chi connectivity index (χ3v) is 4.12. The Morgan fingerprint density at radius 3 is 2.50 bits per heavy atom. The number of hydrogen-bond donors (Lipinski definition) is 1. The first-order chi connectivity index (χ1) is 9.79. The quantitative estimate of drug-likeness (QED) is 0.829. The third kappa shape index (κ3) is 4.02. The molecule has 0 amide bonds. The molecule has 1 N–H and O–H groups in total. The lowest BCUT2D eigenvalue weighted by Gasteiger charge is -2.04. The van der Waals surface area contributed by atoms with Gasteiger partial charge >= 0.3 is 0 Å². The Hall–Kier alpha value is -1.46. The lowest BCUT2D eigenvalue weighted by atomic mass is 10.3. The summed E-state index contributed by atoms with van der Waals surface area (Å²) in [4.78, 5) is 9.75. The highest BCUT2D eigenvalue weighted by atomic mass is 32.2. The Morgan fingerprint density at radius 1 is 1.15 bits per heavy atom. The van der Waals surface area contributed by atoms with E-state index in [1.165, 1.54) is 25.0 Å². The van der Waals surface area contributed by atoms with Crippen molar-refractivity contribution in [1.82, 2.24) is 15.3 Å². The Labute approximate surface area is 122 Å². The van der Waals surface area contributed by atoms with Gasteiger partial charge in [-0.2, -0.15) is 0 Å². The number of thioether (sulfide) groups is 1. The number of benzene rings is 1. The van der Waals surface area contributed by atoms with Gasteiger partial charge in [0, 0.05) is 35.4 Å². The predicted molar refractivity (Wildman–Crippen MR) is 77.9 cm³/mol. The van der Waals surface area contributed by atoms with Crippen LogP contribution in [0.1, 0.15) is 24.2 Å². The fraction of sp³-hybridized carbons (Fsp3) is 0.333. The fourth-order valence-electron chi connectivity index (χ4n) is 1.78. The summed E-state index contributed by atoms with van der Waals surface area (Å²) in [7, 11) is 0. The van der Waals surface area contributed by atoms with Crippen molar-refractivity contribution in [3.63, 3.8) is 0 Å². The maximum absolute atomic E-state index is 12.8. The highest BCUT2D eigenvalue weighted by Gasteiger charge is 2.19. The average molecular weight is 289 g/mol. The van der Waals surface area contributed by atoms with Gasteiger partial charge < -0.3 is 5.32 Å². The maximum atomic E-state index is 12.8. The molecular formula is C15H16FN3S. The molecule has 5 heteroatoms. The number of aromatic nitrogens is 2. The monoisotopic (exact) mass is 289 g/mol. The van der Waals surface area contributed by atoms with E-state index in [1.54, 1.807) is 23.9 Å². The minimum atomic E-state index is -0.210. The van der Waals surface area contributed by atoms with Crippen LogP contribution in [0.4, 0.5) is 4.39 Å². The van der Waals surface area contributed by atoms with Crippen molar-refractivity contribution >= 4 is 11.8 Å². The third-order valence-electron chi connectivity index (χ3n) is 3.11. The van der Waals surface area contributed by atoms with Crippen molar-refractivity contribution in [3.05, 3.63) is 53.9 Å². The van der Waals surface area contributed by atoms with Crippen LogP contribution in [0.25, 0.3) is 0 Å². The first-order valence-corrected chi connectivity index (χ1v) is 7.70. The Kier molecular flexibility index (Phi) is 4.28. The predicted octanol–water partition coefficient (Wildman–Crippen LogP) is 3.16. The molecule has 0 saturated heterocycles. The topological polar surface area (TPSA) is 37.8 Å². The van der Waals surface area contributed by atoms with Crippen molar-refractivity contribution in [2.75, 3.05) is 0 Å². The maximum Gasteiger partial charge on any atom is 0.138 e. The summed E-state index contributed by atoms with van der Waals surface area (Å²) in [6, 6.07) is 7.18. The van der Waals surface area contributed by atoms with Crippen LogP contribution in [0, 0.1) is 5.82 Å². The summed E-state index contributed by atoms with van der Waals surface area (Å²) in [5.41, 5.74) is 1.12. The van der Waals surface area contributed by atoms with Gasteiger partial charge in [-0.3, -0.25) is 0 Å². The molecule has 1 aliphatic rings. The molecule has 1 heterocycles. The summed E-state index contributed by atoms with van der Waals surface area (Å²) in [6.45, 7) is 0.843. The van der Waals surface area contributed by atoms with E-state index in [9.17, 15) is 4.39 Å². The molecule has 0 aliphatic heterocycles. The second-order valence-corrected chi connectivity index (χ2v) is 5.95. The second kappa shape index (κ2) is 6.33. The molecule has 2 aromatic rings. The van der Waals surface area contributed by atoms with E-state index in [4.69, 9.17) is 0 Å². The van der Waals surface area contributed by atoms with E-state index in [0.29, 0.717) is 11.8 Å². The zero-order valence-electron chi connectivity index (χ0n) is 11.1. The lowest BCUT2D eigenvalue weighted by Crippen LogP contribution is -2.15. The molecule has 0 bridgehead atoms. The minimum absolute atomic E-state index is 0.210. The van der Waals surface area contributed by atoms with Crippen molar-refractivity contribution < 1.29 is 4.39 Å².